The minimum Gasteiger partial charge on any atom is -0.497 e. The normalized spacial score (nSPS) is 11.7. The molecule has 172 valence electrons. The fraction of sp³-hybridized carbons (Fsp3) is 0.120. The summed E-state index contributed by atoms with van der Waals surface area (Å²) in [5.41, 5.74) is 2.32. The number of imidazole rings is 1. The zero-order valence-electron chi connectivity index (χ0n) is 18.8. The van der Waals surface area contributed by atoms with Crippen LogP contribution >= 0.6 is 0 Å². The molecule has 0 spiro atoms. The number of aromatic nitrogens is 3. The lowest BCUT2D eigenvalue weighted by Crippen LogP contribution is -2.12. The van der Waals surface area contributed by atoms with Crippen LogP contribution in [0.3, 0.4) is 0 Å². The molecule has 0 aliphatic heterocycles. The maximum atomic E-state index is 13.9. The third-order valence-electron chi connectivity index (χ3n) is 5.70. The number of rotatable bonds is 5. The molecule has 0 aliphatic rings. The van der Waals surface area contributed by atoms with E-state index in [9.17, 15) is 13.2 Å². The summed E-state index contributed by atoms with van der Waals surface area (Å²) in [4.78, 5) is 19.3. The summed E-state index contributed by atoms with van der Waals surface area (Å²) in [6.07, 6.45) is 1.57. The molecule has 1 amide bonds. The number of hydrogen-bond donors (Lipinski definition) is 2. The summed E-state index contributed by atoms with van der Waals surface area (Å²) >= 11 is 0. The van der Waals surface area contributed by atoms with Gasteiger partial charge in [0.2, 0.25) is 11.9 Å². The lowest BCUT2D eigenvalue weighted by atomic mass is 10.1. The standard InChI is InChI=1S/C25H22N4O4S/c1-15-24(28-25(26-15)27-16(2)30)21-14-29(22-12-11-18(33-3)13-20(21)22)34(31,32)23-10-6-8-17-7-4-5-9-19(17)23/h4-14H,1-3H3,(H2,26,27,28,30). The number of carbonyl (C=O) groups is 1. The van der Waals surface area contributed by atoms with Crippen molar-refractivity contribution in [2.24, 2.45) is 0 Å². The van der Waals surface area contributed by atoms with Gasteiger partial charge >= 0.3 is 0 Å². The zero-order valence-corrected chi connectivity index (χ0v) is 19.6. The van der Waals surface area contributed by atoms with Gasteiger partial charge in [-0.1, -0.05) is 36.4 Å². The Labute approximate surface area is 196 Å². The molecular weight excluding hydrogens is 452 g/mol. The van der Waals surface area contributed by atoms with E-state index in [1.54, 1.807) is 49.7 Å². The number of aromatic amines is 1. The average molecular weight is 475 g/mol. The van der Waals surface area contributed by atoms with E-state index in [-0.39, 0.29) is 10.8 Å². The van der Waals surface area contributed by atoms with Crippen molar-refractivity contribution in [2.75, 3.05) is 12.4 Å². The number of aryl methyl sites for hydroxylation is 1. The van der Waals surface area contributed by atoms with Crippen LogP contribution in [-0.2, 0) is 14.8 Å². The number of carbonyl (C=O) groups excluding carboxylic acids is 1. The summed E-state index contributed by atoms with van der Waals surface area (Å²) in [5.74, 6) is 0.618. The van der Waals surface area contributed by atoms with Crippen LogP contribution in [0.15, 0.2) is 71.8 Å². The van der Waals surface area contributed by atoms with Crippen LogP contribution in [-0.4, -0.2) is 35.4 Å². The van der Waals surface area contributed by atoms with E-state index in [1.165, 1.54) is 10.9 Å². The lowest BCUT2D eigenvalue weighted by molar-refractivity contribution is -0.114. The molecule has 0 saturated heterocycles. The number of methoxy groups -OCH3 is 1. The third-order valence-corrected chi connectivity index (χ3v) is 7.43. The molecule has 8 nitrogen and oxygen atoms in total. The first-order chi connectivity index (χ1) is 16.3. The van der Waals surface area contributed by atoms with Crippen LogP contribution < -0.4 is 10.1 Å². The topological polar surface area (TPSA) is 106 Å². The Bertz CT molecular complexity index is 1680. The molecule has 2 N–H and O–H groups in total. The molecule has 0 fully saturated rings. The first-order valence-corrected chi connectivity index (χ1v) is 12.0. The number of ether oxygens (including phenoxy) is 1. The number of hydrogen-bond acceptors (Lipinski definition) is 5. The second kappa shape index (κ2) is 8.03. The van der Waals surface area contributed by atoms with E-state index in [2.05, 4.69) is 15.3 Å². The van der Waals surface area contributed by atoms with Gasteiger partial charge in [-0.2, -0.15) is 0 Å². The van der Waals surface area contributed by atoms with Crippen LogP contribution in [0.25, 0.3) is 32.9 Å². The van der Waals surface area contributed by atoms with Gasteiger partial charge in [-0.3, -0.25) is 10.1 Å². The average Bonchev–Trinajstić information content (AvgIpc) is 3.37. The van der Waals surface area contributed by atoms with E-state index in [0.29, 0.717) is 44.9 Å². The number of nitrogens with one attached hydrogen (secondary N) is 2. The number of anilines is 1. The van der Waals surface area contributed by atoms with E-state index in [0.717, 1.165) is 5.39 Å². The second-order valence-electron chi connectivity index (χ2n) is 7.94. The van der Waals surface area contributed by atoms with Gasteiger partial charge in [0, 0.05) is 35.2 Å². The molecule has 9 heteroatoms. The highest BCUT2D eigenvalue weighted by molar-refractivity contribution is 7.90. The number of fused-ring (bicyclic) bond motifs is 2. The van der Waals surface area contributed by atoms with Crippen LogP contribution in [0.2, 0.25) is 0 Å². The molecule has 5 rings (SSSR count). The van der Waals surface area contributed by atoms with Gasteiger partial charge < -0.3 is 9.72 Å². The van der Waals surface area contributed by atoms with Crippen molar-refractivity contribution >= 4 is 43.6 Å². The summed E-state index contributed by atoms with van der Waals surface area (Å²) in [7, 11) is -2.40. The predicted octanol–water partition coefficient (Wildman–Crippen LogP) is 4.70. The maximum absolute atomic E-state index is 13.9. The predicted molar refractivity (Wildman–Crippen MR) is 132 cm³/mol. The Hall–Kier alpha value is -4.11. The van der Waals surface area contributed by atoms with Crippen LogP contribution in [0.1, 0.15) is 12.6 Å². The maximum Gasteiger partial charge on any atom is 0.268 e. The van der Waals surface area contributed by atoms with Crippen molar-refractivity contribution in [3.05, 3.63) is 72.6 Å². The van der Waals surface area contributed by atoms with Gasteiger partial charge in [-0.25, -0.2) is 17.4 Å². The minimum absolute atomic E-state index is 0.211. The molecule has 3 aromatic carbocycles. The Morgan fingerprint density at radius 3 is 2.59 bits per heavy atom. The van der Waals surface area contributed by atoms with Crippen molar-refractivity contribution in [3.8, 4) is 17.0 Å². The number of nitrogens with zero attached hydrogens (tertiary/aromatic N) is 2. The van der Waals surface area contributed by atoms with Crippen LogP contribution in [0, 0.1) is 6.92 Å². The first-order valence-electron chi connectivity index (χ1n) is 10.6. The first kappa shape index (κ1) is 21.7. The van der Waals surface area contributed by atoms with Crippen LogP contribution in [0.4, 0.5) is 5.95 Å². The van der Waals surface area contributed by atoms with Crippen molar-refractivity contribution in [1.82, 2.24) is 13.9 Å². The number of benzene rings is 3. The smallest absolute Gasteiger partial charge is 0.268 e. The highest BCUT2D eigenvalue weighted by Gasteiger charge is 2.25. The van der Waals surface area contributed by atoms with E-state index >= 15 is 0 Å². The summed E-state index contributed by atoms with van der Waals surface area (Å²) in [5, 5.41) is 4.78. The molecular formula is C25H22N4O4S. The second-order valence-corrected chi connectivity index (χ2v) is 9.73. The SMILES string of the molecule is COc1ccc2c(c1)c(-c1nc(NC(C)=O)[nH]c1C)cn2S(=O)(=O)c1cccc2ccccc12. The Balaban J connectivity index is 1.78. The summed E-state index contributed by atoms with van der Waals surface area (Å²) in [6, 6.07) is 17.8. The van der Waals surface area contributed by atoms with E-state index in [4.69, 9.17) is 4.74 Å². The Morgan fingerprint density at radius 1 is 1.06 bits per heavy atom. The molecule has 0 saturated carbocycles. The zero-order chi connectivity index (χ0) is 24.0. The number of H-pyrrole nitrogens is 1. The molecule has 5 aromatic rings. The Morgan fingerprint density at radius 2 is 1.82 bits per heavy atom. The van der Waals surface area contributed by atoms with Gasteiger partial charge in [-0.05, 0) is 36.6 Å². The Kier molecular flexibility index (Phi) is 5.13. The van der Waals surface area contributed by atoms with Gasteiger partial charge in [-0.15, -0.1) is 0 Å². The number of amides is 1. The van der Waals surface area contributed by atoms with Crippen molar-refractivity contribution in [1.29, 1.82) is 0 Å². The highest BCUT2D eigenvalue weighted by Crippen LogP contribution is 2.37. The fourth-order valence-electron chi connectivity index (χ4n) is 4.17. The largest absolute Gasteiger partial charge is 0.497 e. The van der Waals surface area contributed by atoms with E-state index < -0.39 is 10.0 Å². The highest BCUT2D eigenvalue weighted by atomic mass is 32.2. The van der Waals surface area contributed by atoms with Gasteiger partial charge in [0.15, 0.2) is 0 Å². The molecule has 0 unspecified atom stereocenters. The summed E-state index contributed by atoms with van der Waals surface area (Å²) in [6.45, 7) is 3.21. The molecule has 2 aromatic heterocycles. The molecule has 0 bridgehead atoms. The molecule has 0 radical (unpaired) electrons. The quantitative estimate of drug-likeness (QED) is 0.384. The lowest BCUT2D eigenvalue weighted by Gasteiger charge is -2.10. The van der Waals surface area contributed by atoms with Gasteiger partial charge in [0.1, 0.15) is 5.75 Å². The molecule has 34 heavy (non-hydrogen) atoms. The van der Waals surface area contributed by atoms with Crippen molar-refractivity contribution < 1.29 is 17.9 Å². The van der Waals surface area contributed by atoms with Gasteiger partial charge in [0.25, 0.3) is 10.0 Å². The van der Waals surface area contributed by atoms with Crippen molar-refractivity contribution in [2.45, 2.75) is 18.7 Å². The van der Waals surface area contributed by atoms with Crippen molar-refractivity contribution in [3.63, 3.8) is 0 Å². The monoisotopic (exact) mass is 474 g/mol. The van der Waals surface area contributed by atoms with E-state index in [1.807, 2.05) is 31.2 Å². The summed E-state index contributed by atoms with van der Waals surface area (Å²) < 4.78 is 34.6. The fourth-order valence-corrected chi connectivity index (χ4v) is 5.76. The molecule has 2 heterocycles. The minimum atomic E-state index is -3.96. The van der Waals surface area contributed by atoms with Crippen LogP contribution in [0.5, 0.6) is 5.75 Å². The third kappa shape index (κ3) is 3.50. The van der Waals surface area contributed by atoms with Gasteiger partial charge in [0.05, 0.1) is 23.2 Å². The molecule has 0 atom stereocenters. The molecule has 0 aliphatic carbocycles.